The topological polar surface area (TPSA) is 104 Å². The minimum atomic E-state index is -1.12. The Labute approximate surface area is 86.3 Å². The summed E-state index contributed by atoms with van der Waals surface area (Å²) >= 11 is 0. The third kappa shape index (κ3) is 3.23. The standard InChI is InChI=1S/C9H13NO5/c1-4(11)10-7(9(14)15)3-5-2-6(5)8(12)13/h5-7H,2-3H2,1H3,(H,10,11)(H,12,13)(H,14,15)/t5-,6+,7+/m0/s1. The molecule has 0 aromatic carbocycles. The number of hydrogen-bond acceptors (Lipinski definition) is 3. The fourth-order valence-electron chi connectivity index (χ4n) is 1.58. The van der Waals surface area contributed by atoms with Crippen LogP contribution in [0, 0.1) is 11.8 Å². The molecule has 1 aliphatic rings. The van der Waals surface area contributed by atoms with E-state index in [2.05, 4.69) is 5.32 Å². The molecule has 0 spiro atoms. The molecular weight excluding hydrogens is 202 g/mol. The maximum absolute atomic E-state index is 10.7. The van der Waals surface area contributed by atoms with Gasteiger partial charge in [0.15, 0.2) is 0 Å². The first-order valence-corrected chi connectivity index (χ1v) is 4.64. The quantitative estimate of drug-likeness (QED) is 0.583. The molecule has 0 saturated heterocycles. The van der Waals surface area contributed by atoms with E-state index in [1.807, 2.05) is 0 Å². The zero-order valence-corrected chi connectivity index (χ0v) is 8.27. The number of rotatable bonds is 5. The van der Waals surface area contributed by atoms with Crippen LogP contribution in [0.5, 0.6) is 0 Å². The van der Waals surface area contributed by atoms with Crippen molar-refractivity contribution in [1.82, 2.24) is 5.32 Å². The number of carboxylic acids is 2. The minimum Gasteiger partial charge on any atom is -0.481 e. The van der Waals surface area contributed by atoms with E-state index in [1.54, 1.807) is 0 Å². The zero-order valence-electron chi connectivity index (χ0n) is 8.27. The van der Waals surface area contributed by atoms with Gasteiger partial charge in [0.2, 0.25) is 5.91 Å². The van der Waals surface area contributed by atoms with E-state index < -0.39 is 29.8 Å². The van der Waals surface area contributed by atoms with Crippen molar-refractivity contribution in [2.45, 2.75) is 25.8 Å². The molecule has 0 aliphatic heterocycles. The van der Waals surface area contributed by atoms with Crippen molar-refractivity contribution in [3.05, 3.63) is 0 Å². The maximum Gasteiger partial charge on any atom is 0.326 e. The van der Waals surface area contributed by atoms with Crippen LogP contribution in [0.4, 0.5) is 0 Å². The Balaban J connectivity index is 2.43. The first-order valence-electron chi connectivity index (χ1n) is 4.64. The molecule has 1 saturated carbocycles. The van der Waals surface area contributed by atoms with Crippen LogP contribution in [0.2, 0.25) is 0 Å². The average Bonchev–Trinajstić information content (AvgIpc) is 2.81. The lowest BCUT2D eigenvalue weighted by molar-refractivity contribution is -0.142. The van der Waals surface area contributed by atoms with Crippen LogP contribution >= 0.6 is 0 Å². The number of carbonyl (C=O) groups excluding carboxylic acids is 1. The highest BCUT2D eigenvalue weighted by atomic mass is 16.4. The molecule has 3 atom stereocenters. The highest BCUT2D eigenvalue weighted by Gasteiger charge is 2.45. The van der Waals surface area contributed by atoms with Crippen LogP contribution in [-0.4, -0.2) is 34.1 Å². The number of hydrogen-bond donors (Lipinski definition) is 3. The lowest BCUT2D eigenvalue weighted by Gasteiger charge is -2.12. The summed E-state index contributed by atoms with van der Waals surface area (Å²) in [5, 5.41) is 19.7. The van der Waals surface area contributed by atoms with E-state index in [9.17, 15) is 14.4 Å². The third-order valence-electron chi connectivity index (χ3n) is 2.45. The molecule has 15 heavy (non-hydrogen) atoms. The van der Waals surface area contributed by atoms with Crippen molar-refractivity contribution in [3.63, 3.8) is 0 Å². The smallest absolute Gasteiger partial charge is 0.326 e. The summed E-state index contributed by atoms with van der Waals surface area (Å²) in [5.74, 6) is -3.01. The van der Waals surface area contributed by atoms with Gasteiger partial charge in [-0.25, -0.2) is 4.79 Å². The van der Waals surface area contributed by atoms with Crippen molar-refractivity contribution in [2.75, 3.05) is 0 Å². The van der Waals surface area contributed by atoms with E-state index >= 15 is 0 Å². The maximum atomic E-state index is 10.7. The molecule has 0 heterocycles. The second kappa shape index (κ2) is 4.29. The van der Waals surface area contributed by atoms with E-state index in [4.69, 9.17) is 10.2 Å². The molecular formula is C9H13NO5. The Morgan fingerprint density at radius 2 is 2.00 bits per heavy atom. The summed E-state index contributed by atoms with van der Waals surface area (Å²) < 4.78 is 0. The first kappa shape index (κ1) is 11.5. The Morgan fingerprint density at radius 3 is 2.33 bits per heavy atom. The second-order valence-electron chi connectivity index (χ2n) is 3.77. The molecule has 0 bridgehead atoms. The summed E-state index contributed by atoms with van der Waals surface area (Å²) in [6.07, 6.45) is 0.685. The predicted octanol–water partition coefficient (Wildman–Crippen LogP) is -0.313. The van der Waals surface area contributed by atoms with Crippen LogP contribution in [0.15, 0.2) is 0 Å². The van der Waals surface area contributed by atoms with Gasteiger partial charge < -0.3 is 15.5 Å². The molecule has 0 radical (unpaired) electrons. The summed E-state index contributed by atoms with van der Waals surface area (Å²) in [6.45, 7) is 1.23. The van der Waals surface area contributed by atoms with Gasteiger partial charge in [-0.2, -0.15) is 0 Å². The Hall–Kier alpha value is -1.59. The van der Waals surface area contributed by atoms with Crippen LogP contribution in [0.1, 0.15) is 19.8 Å². The normalized spacial score (nSPS) is 25.4. The van der Waals surface area contributed by atoms with E-state index in [-0.39, 0.29) is 12.3 Å². The molecule has 0 unspecified atom stereocenters. The molecule has 1 aliphatic carbocycles. The van der Waals surface area contributed by atoms with Crippen molar-refractivity contribution < 1.29 is 24.6 Å². The van der Waals surface area contributed by atoms with Crippen LogP contribution < -0.4 is 5.32 Å². The minimum absolute atomic E-state index is 0.129. The zero-order chi connectivity index (χ0) is 11.6. The van der Waals surface area contributed by atoms with Gasteiger partial charge in [0.1, 0.15) is 6.04 Å². The van der Waals surface area contributed by atoms with E-state index in [0.29, 0.717) is 6.42 Å². The summed E-state index contributed by atoms with van der Waals surface area (Å²) in [4.78, 5) is 31.9. The molecule has 1 amide bonds. The lowest BCUT2D eigenvalue weighted by Crippen LogP contribution is -2.40. The highest BCUT2D eigenvalue weighted by molar-refractivity contribution is 5.82. The van der Waals surface area contributed by atoms with Crippen LogP contribution in [0.3, 0.4) is 0 Å². The first-order chi connectivity index (χ1) is 6.91. The predicted molar refractivity (Wildman–Crippen MR) is 49.1 cm³/mol. The Morgan fingerprint density at radius 1 is 1.40 bits per heavy atom. The molecule has 1 fully saturated rings. The summed E-state index contributed by atoms with van der Waals surface area (Å²) in [5.41, 5.74) is 0. The molecule has 0 aromatic rings. The van der Waals surface area contributed by atoms with Crippen LogP contribution in [0.25, 0.3) is 0 Å². The fraction of sp³-hybridized carbons (Fsp3) is 0.667. The van der Waals surface area contributed by atoms with Gasteiger partial charge in [-0.1, -0.05) is 0 Å². The number of nitrogens with one attached hydrogen (secondary N) is 1. The summed E-state index contributed by atoms with van der Waals surface area (Å²) in [6, 6.07) is -0.975. The lowest BCUT2D eigenvalue weighted by atomic mass is 10.1. The van der Waals surface area contributed by atoms with Gasteiger partial charge >= 0.3 is 11.9 Å². The Kier molecular flexibility index (Phi) is 3.28. The molecule has 84 valence electrons. The molecule has 6 nitrogen and oxygen atoms in total. The average molecular weight is 215 g/mol. The Bertz CT molecular complexity index is 301. The van der Waals surface area contributed by atoms with Crippen molar-refractivity contribution in [1.29, 1.82) is 0 Å². The largest absolute Gasteiger partial charge is 0.481 e. The van der Waals surface area contributed by atoms with Crippen molar-refractivity contribution in [3.8, 4) is 0 Å². The number of amides is 1. The number of carbonyl (C=O) groups is 3. The van der Waals surface area contributed by atoms with Crippen LogP contribution in [-0.2, 0) is 14.4 Å². The molecule has 1 rings (SSSR count). The van der Waals surface area contributed by atoms with Crippen molar-refractivity contribution >= 4 is 17.8 Å². The third-order valence-corrected chi connectivity index (χ3v) is 2.45. The fourth-order valence-corrected chi connectivity index (χ4v) is 1.58. The van der Waals surface area contributed by atoms with Crippen molar-refractivity contribution in [2.24, 2.45) is 11.8 Å². The summed E-state index contributed by atoms with van der Waals surface area (Å²) in [7, 11) is 0. The van der Waals surface area contributed by atoms with Gasteiger partial charge in [-0.05, 0) is 18.8 Å². The SMILES string of the molecule is CC(=O)N[C@H](C[C@@H]1C[C@H]1C(=O)O)C(=O)O. The van der Waals surface area contributed by atoms with Gasteiger partial charge in [0.05, 0.1) is 5.92 Å². The van der Waals surface area contributed by atoms with Gasteiger partial charge in [-0.15, -0.1) is 0 Å². The molecule has 6 heteroatoms. The molecule has 0 aromatic heterocycles. The second-order valence-corrected chi connectivity index (χ2v) is 3.77. The van der Waals surface area contributed by atoms with E-state index in [1.165, 1.54) is 6.92 Å². The van der Waals surface area contributed by atoms with Gasteiger partial charge in [0, 0.05) is 6.92 Å². The molecule has 3 N–H and O–H groups in total. The van der Waals surface area contributed by atoms with Gasteiger partial charge in [0.25, 0.3) is 0 Å². The monoisotopic (exact) mass is 215 g/mol. The van der Waals surface area contributed by atoms with E-state index in [0.717, 1.165) is 0 Å². The number of carboxylic acid groups (broad SMARTS) is 2. The van der Waals surface area contributed by atoms with Gasteiger partial charge in [-0.3, -0.25) is 9.59 Å². The number of aliphatic carboxylic acids is 2. The highest BCUT2D eigenvalue weighted by Crippen LogP contribution is 2.42.